The third-order valence-corrected chi connectivity index (χ3v) is 4.82. The molecule has 0 amide bonds. The molecule has 0 unspecified atom stereocenters. The van der Waals surface area contributed by atoms with E-state index in [-0.39, 0.29) is 29.8 Å². The highest BCUT2D eigenvalue weighted by molar-refractivity contribution is 14.0. The van der Waals surface area contributed by atoms with Crippen molar-refractivity contribution in [2.75, 3.05) is 38.3 Å². The lowest BCUT2D eigenvalue weighted by atomic mass is 10.1. The van der Waals surface area contributed by atoms with Gasteiger partial charge in [-0.2, -0.15) is 0 Å². The molecular formula is C20H25ClFIN4O. The number of halogens is 3. The molecule has 1 aliphatic heterocycles. The zero-order chi connectivity index (χ0) is 19.1. The quantitative estimate of drug-likeness (QED) is 0.359. The van der Waals surface area contributed by atoms with Crippen LogP contribution < -0.4 is 15.5 Å². The topological polar surface area (TPSA) is 48.9 Å². The highest BCUT2D eigenvalue weighted by atomic mass is 127. The number of hydrogen-bond donors (Lipinski definition) is 2. The van der Waals surface area contributed by atoms with E-state index in [0.717, 1.165) is 11.1 Å². The molecule has 2 N–H and O–H groups in total. The van der Waals surface area contributed by atoms with Crippen LogP contribution >= 0.6 is 35.6 Å². The van der Waals surface area contributed by atoms with E-state index in [9.17, 15) is 4.39 Å². The number of hydrogen-bond acceptors (Lipinski definition) is 3. The second-order valence-corrected chi connectivity index (χ2v) is 6.66. The Kier molecular flexibility index (Phi) is 9.27. The highest BCUT2D eigenvalue weighted by Gasteiger charge is 2.15. The molecule has 0 aromatic heterocycles. The van der Waals surface area contributed by atoms with Crippen LogP contribution in [0, 0.1) is 5.82 Å². The Balaban J connectivity index is 0.00000280. The van der Waals surface area contributed by atoms with Gasteiger partial charge in [-0.25, -0.2) is 4.39 Å². The van der Waals surface area contributed by atoms with Gasteiger partial charge in [0, 0.05) is 38.2 Å². The van der Waals surface area contributed by atoms with Gasteiger partial charge in [0.15, 0.2) is 5.96 Å². The van der Waals surface area contributed by atoms with Gasteiger partial charge in [-0.15, -0.1) is 24.0 Å². The molecule has 3 rings (SSSR count). The minimum absolute atomic E-state index is 0. The summed E-state index contributed by atoms with van der Waals surface area (Å²) in [7, 11) is 1.70. The summed E-state index contributed by atoms with van der Waals surface area (Å²) in [6.07, 6.45) is 0. The Morgan fingerprint density at radius 2 is 1.86 bits per heavy atom. The number of morpholine rings is 1. The fraction of sp³-hybridized carbons (Fsp3) is 0.350. The maximum absolute atomic E-state index is 14.5. The van der Waals surface area contributed by atoms with Crippen molar-refractivity contribution in [1.82, 2.24) is 10.6 Å². The smallest absolute Gasteiger partial charge is 0.191 e. The molecule has 0 radical (unpaired) electrons. The molecule has 2 aromatic carbocycles. The maximum atomic E-state index is 14.5. The molecule has 0 saturated carbocycles. The van der Waals surface area contributed by atoms with Gasteiger partial charge in [0.25, 0.3) is 0 Å². The lowest BCUT2D eigenvalue weighted by molar-refractivity contribution is 0.122. The minimum Gasteiger partial charge on any atom is -0.378 e. The van der Waals surface area contributed by atoms with E-state index in [1.165, 1.54) is 0 Å². The molecule has 0 spiro atoms. The third-order valence-electron chi connectivity index (χ3n) is 4.45. The molecule has 1 aliphatic rings. The van der Waals surface area contributed by atoms with Crippen molar-refractivity contribution in [2.24, 2.45) is 4.99 Å². The summed E-state index contributed by atoms with van der Waals surface area (Å²) in [5.74, 6) is 0.419. The summed E-state index contributed by atoms with van der Waals surface area (Å²) in [6, 6.07) is 13.0. The van der Waals surface area contributed by atoms with Crippen LogP contribution in [0.4, 0.5) is 10.1 Å². The summed E-state index contributed by atoms with van der Waals surface area (Å²) in [5.41, 5.74) is 2.47. The molecule has 5 nitrogen and oxygen atoms in total. The molecular weight excluding hydrogens is 494 g/mol. The Morgan fingerprint density at radius 3 is 2.54 bits per heavy atom. The van der Waals surface area contributed by atoms with Crippen molar-refractivity contribution in [1.29, 1.82) is 0 Å². The fourth-order valence-corrected chi connectivity index (χ4v) is 3.15. The average Bonchev–Trinajstić information content (AvgIpc) is 2.70. The van der Waals surface area contributed by atoms with Gasteiger partial charge in [0.2, 0.25) is 0 Å². The predicted octanol–water partition coefficient (Wildman–Crippen LogP) is 3.80. The van der Waals surface area contributed by atoms with Crippen LogP contribution in [0.1, 0.15) is 11.1 Å². The van der Waals surface area contributed by atoms with Crippen LogP contribution in [-0.4, -0.2) is 39.3 Å². The van der Waals surface area contributed by atoms with E-state index in [0.29, 0.717) is 56.1 Å². The monoisotopic (exact) mass is 518 g/mol. The van der Waals surface area contributed by atoms with Gasteiger partial charge in [-0.3, -0.25) is 4.99 Å². The number of guanidine groups is 1. The Hall–Kier alpha value is -1.58. The van der Waals surface area contributed by atoms with Crippen molar-refractivity contribution < 1.29 is 9.13 Å². The number of nitrogens with one attached hydrogen (secondary N) is 2. The van der Waals surface area contributed by atoms with Crippen LogP contribution in [0.3, 0.4) is 0 Å². The lowest BCUT2D eigenvalue weighted by Gasteiger charge is -2.29. The number of benzene rings is 2. The van der Waals surface area contributed by atoms with E-state index in [4.69, 9.17) is 16.3 Å². The van der Waals surface area contributed by atoms with Gasteiger partial charge in [-0.05, 0) is 29.3 Å². The third kappa shape index (κ3) is 6.22. The molecule has 0 aliphatic carbocycles. The fourth-order valence-electron chi connectivity index (χ4n) is 2.95. The van der Waals surface area contributed by atoms with Crippen LogP contribution in [0.2, 0.25) is 5.02 Å². The maximum Gasteiger partial charge on any atom is 0.191 e. The predicted molar refractivity (Wildman–Crippen MR) is 123 cm³/mol. The molecule has 1 saturated heterocycles. The number of anilines is 1. The van der Waals surface area contributed by atoms with E-state index in [1.807, 2.05) is 41.3 Å². The summed E-state index contributed by atoms with van der Waals surface area (Å²) in [6.45, 7) is 3.73. The van der Waals surface area contributed by atoms with E-state index < -0.39 is 0 Å². The average molecular weight is 519 g/mol. The van der Waals surface area contributed by atoms with Gasteiger partial charge >= 0.3 is 0 Å². The summed E-state index contributed by atoms with van der Waals surface area (Å²) in [4.78, 5) is 6.21. The highest BCUT2D eigenvalue weighted by Crippen LogP contribution is 2.21. The normalized spacial score (nSPS) is 14.4. The Labute approximate surface area is 187 Å². The molecule has 0 bridgehead atoms. The van der Waals surface area contributed by atoms with E-state index >= 15 is 0 Å². The second kappa shape index (κ2) is 11.4. The Morgan fingerprint density at radius 1 is 1.14 bits per heavy atom. The van der Waals surface area contributed by atoms with Crippen molar-refractivity contribution in [3.63, 3.8) is 0 Å². The molecule has 1 heterocycles. The van der Waals surface area contributed by atoms with Crippen LogP contribution in [0.15, 0.2) is 47.5 Å². The summed E-state index contributed by atoms with van der Waals surface area (Å²) >= 11 is 6.17. The molecule has 0 atom stereocenters. The first-order valence-electron chi connectivity index (χ1n) is 8.96. The van der Waals surface area contributed by atoms with Crippen molar-refractivity contribution >= 4 is 47.2 Å². The standard InChI is InChI=1S/C20H24ClFN4O.HI/c1-23-20(25-14-16-4-2-3-5-17(16)21)24-13-15-6-7-19(18(22)12-15)26-8-10-27-11-9-26;/h2-7,12H,8-11,13-14H2,1H3,(H2,23,24,25);1H. The van der Waals surface area contributed by atoms with Crippen LogP contribution in [0.5, 0.6) is 0 Å². The molecule has 8 heteroatoms. The van der Waals surface area contributed by atoms with Crippen molar-refractivity contribution in [3.8, 4) is 0 Å². The lowest BCUT2D eigenvalue weighted by Crippen LogP contribution is -2.37. The molecule has 1 fully saturated rings. The van der Waals surface area contributed by atoms with Gasteiger partial charge in [0.05, 0.1) is 18.9 Å². The van der Waals surface area contributed by atoms with Crippen LogP contribution in [-0.2, 0) is 17.8 Å². The second-order valence-electron chi connectivity index (χ2n) is 6.26. The Bertz CT molecular complexity index is 800. The zero-order valence-electron chi connectivity index (χ0n) is 15.8. The first-order chi connectivity index (χ1) is 13.2. The number of rotatable bonds is 5. The number of ether oxygens (including phenoxy) is 1. The first-order valence-corrected chi connectivity index (χ1v) is 9.34. The SMILES string of the molecule is CN=C(NCc1ccc(N2CCOCC2)c(F)c1)NCc1ccccc1Cl.I. The molecule has 2 aromatic rings. The largest absolute Gasteiger partial charge is 0.378 e. The molecule has 28 heavy (non-hydrogen) atoms. The van der Waals surface area contributed by atoms with Crippen molar-refractivity contribution in [2.45, 2.75) is 13.1 Å². The minimum atomic E-state index is -0.213. The number of aliphatic imine (C=N–C) groups is 1. The van der Waals surface area contributed by atoms with E-state index in [2.05, 4.69) is 15.6 Å². The van der Waals surface area contributed by atoms with Gasteiger partial charge in [-0.1, -0.05) is 35.9 Å². The van der Waals surface area contributed by atoms with Crippen molar-refractivity contribution in [3.05, 3.63) is 64.4 Å². The summed E-state index contributed by atoms with van der Waals surface area (Å²) < 4.78 is 19.8. The number of nitrogens with zero attached hydrogens (tertiary/aromatic N) is 2. The molecule has 152 valence electrons. The van der Waals surface area contributed by atoms with Crippen LogP contribution in [0.25, 0.3) is 0 Å². The van der Waals surface area contributed by atoms with Gasteiger partial charge in [0.1, 0.15) is 5.82 Å². The summed E-state index contributed by atoms with van der Waals surface area (Å²) in [5, 5.41) is 7.12. The zero-order valence-corrected chi connectivity index (χ0v) is 18.8. The van der Waals surface area contributed by atoms with E-state index in [1.54, 1.807) is 13.1 Å². The van der Waals surface area contributed by atoms with Gasteiger partial charge < -0.3 is 20.3 Å². The first kappa shape index (κ1) is 22.7.